The molecule has 108 valence electrons. The summed E-state index contributed by atoms with van der Waals surface area (Å²) in [5.74, 6) is 2.08. The van der Waals surface area contributed by atoms with E-state index in [0.717, 1.165) is 31.7 Å². The molecule has 0 aliphatic heterocycles. The van der Waals surface area contributed by atoms with Crippen LogP contribution in [0.1, 0.15) is 45.4 Å². The largest absolute Gasteiger partial charge is 0.384 e. The summed E-state index contributed by atoms with van der Waals surface area (Å²) in [6.07, 6.45) is 4.67. The minimum absolute atomic E-state index is 0.396. The number of aromatic nitrogens is 2. The summed E-state index contributed by atoms with van der Waals surface area (Å²) in [4.78, 5) is 11.0. The van der Waals surface area contributed by atoms with Gasteiger partial charge in [-0.1, -0.05) is 26.7 Å². The summed E-state index contributed by atoms with van der Waals surface area (Å²) in [7, 11) is 1.64. The van der Waals surface area contributed by atoms with E-state index in [2.05, 4.69) is 28.7 Å². The molecule has 0 atom stereocenters. The third-order valence-electron chi connectivity index (χ3n) is 2.94. The molecule has 0 aromatic carbocycles. The van der Waals surface area contributed by atoms with Gasteiger partial charge in [0, 0.05) is 26.3 Å². The van der Waals surface area contributed by atoms with Gasteiger partial charge in [0.1, 0.15) is 18.2 Å². The zero-order chi connectivity index (χ0) is 14.1. The first-order valence-electron chi connectivity index (χ1n) is 7.08. The van der Waals surface area contributed by atoms with Crippen LogP contribution in [0.15, 0.2) is 6.07 Å². The Labute approximate surface area is 116 Å². The molecule has 2 N–H and O–H groups in total. The number of unbranched alkanes of at least 4 members (excludes halogenated alkanes) is 2. The van der Waals surface area contributed by atoms with Gasteiger partial charge < -0.3 is 15.4 Å². The molecular weight excluding hydrogens is 240 g/mol. The van der Waals surface area contributed by atoms with Crippen LogP contribution in [-0.4, -0.2) is 30.2 Å². The Hall–Kier alpha value is -1.36. The molecule has 1 heterocycles. The Morgan fingerprint density at radius 2 is 1.79 bits per heavy atom. The van der Waals surface area contributed by atoms with Gasteiger partial charge in [0.05, 0.1) is 0 Å². The zero-order valence-corrected chi connectivity index (χ0v) is 12.4. The van der Waals surface area contributed by atoms with Gasteiger partial charge in [0.2, 0.25) is 0 Å². The fourth-order valence-corrected chi connectivity index (χ4v) is 1.90. The number of nitrogens with zero attached hydrogens (tertiary/aromatic N) is 3. The van der Waals surface area contributed by atoms with Gasteiger partial charge in [-0.3, -0.25) is 0 Å². The first-order valence-corrected chi connectivity index (χ1v) is 7.08. The van der Waals surface area contributed by atoms with Crippen LogP contribution in [0, 0.1) is 0 Å². The Kier molecular flexibility index (Phi) is 7.18. The van der Waals surface area contributed by atoms with E-state index in [9.17, 15) is 0 Å². The molecule has 5 nitrogen and oxygen atoms in total. The third-order valence-corrected chi connectivity index (χ3v) is 2.94. The molecule has 0 radical (unpaired) electrons. The fourth-order valence-electron chi connectivity index (χ4n) is 1.90. The fraction of sp³-hybridized carbons (Fsp3) is 0.714. The van der Waals surface area contributed by atoms with Gasteiger partial charge in [-0.05, 0) is 12.8 Å². The summed E-state index contributed by atoms with van der Waals surface area (Å²) in [5, 5.41) is 0. The van der Waals surface area contributed by atoms with Crippen LogP contribution < -0.4 is 10.6 Å². The highest BCUT2D eigenvalue weighted by atomic mass is 16.5. The van der Waals surface area contributed by atoms with Crippen LogP contribution in [0.25, 0.3) is 0 Å². The summed E-state index contributed by atoms with van der Waals surface area (Å²) in [6, 6.07) is 1.85. The Morgan fingerprint density at radius 3 is 2.32 bits per heavy atom. The van der Waals surface area contributed by atoms with Crippen LogP contribution in [0.2, 0.25) is 0 Å². The Bertz CT molecular complexity index is 362. The minimum Gasteiger partial charge on any atom is -0.384 e. The van der Waals surface area contributed by atoms with E-state index in [1.165, 1.54) is 12.8 Å². The second-order valence-electron chi connectivity index (χ2n) is 4.69. The number of anilines is 2. The molecule has 0 fully saturated rings. The van der Waals surface area contributed by atoms with E-state index in [0.29, 0.717) is 18.2 Å². The SMILES string of the molecule is CCCCN(CCCC)c1cc(N)nc(COC)n1. The van der Waals surface area contributed by atoms with E-state index in [4.69, 9.17) is 10.5 Å². The third kappa shape index (κ3) is 5.42. The minimum atomic E-state index is 0.396. The quantitative estimate of drug-likeness (QED) is 0.744. The highest BCUT2D eigenvalue weighted by molar-refractivity contribution is 5.46. The van der Waals surface area contributed by atoms with E-state index >= 15 is 0 Å². The molecule has 1 rings (SSSR count). The number of ether oxygens (including phenoxy) is 1. The van der Waals surface area contributed by atoms with E-state index < -0.39 is 0 Å². The molecule has 0 spiro atoms. The standard InChI is InChI=1S/C14H26N4O/c1-4-6-8-18(9-7-5-2)14-10-12(15)16-13(17-14)11-19-3/h10H,4-9,11H2,1-3H3,(H2,15,16,17). The topological polar surface area (TPSA) is 64.3 Å². The predicted molar refractivity (Wildman–Crippen MR) is 79.2 cm³/mol. The van der Waals surface area contributed by atoms with Crippen LogP contribution in [0.5, 0.6) is 0 Å². The van der Waals surface area contributed by atoms with Crippen molar-refractivity contribution in [3.8, 4) is 0 Å². The maximum atomic E-state index is 5.85. The lowest BCUT2D eigenvalue weighted by Gasteiger charge is -2.24. The first kappa shape index (κ1) is 15.7. The normalized spacial score (nSPS) is 10.7. The first-order chi connectivity index (χ1) is 9.21. The lowest BCUT2D eigenvalue weighted by molar-refractivity contribution is 0.178. The van der Waals surface area contributed by atoms with Crippen LogP contribution in [-0.2, 0) is 11.3 Å². The number of rotatable bonds is 9. The van der Waals surface area contributed by atoms with E-state index in [1.54, 1.807) is 7.11 Å². The second-order valence-corrected chi connectivity index (χ2v) is 4.69. The van der Waals surface area contributed by atoms with E-state index in [1.807, 2.05) is 6.07 Å². The summed E-state index contributed by atoms with van der Waals surface area (Å²) in [6.45, 7) is 6.82. The van der Waals surface area contributed by atoms with Crippen molar-refractivity contribution in [3.05, 3.63) is 11.9 Å². The highest BCUT2D eigenvalue weighted by Crippen LogP contribution is 2.16. The molecule has 5 heteroatoms. The predicted octanol–water partition coefficient (Wildman–Crippen LogP) is 2.61. The zero-order valence-electron chi connectivity index (χ0n) is 12.4. The van der Waals surface area contributed by atoms with Crippen LogP contribution >= 0.6 is 0 Å². The van der Waals surface area contributed by atoms with Crippen molar-refractivity contribution in [1.29, 1.82) is 0 Å². The van der Waals surface area contributed by atoms with Crippen molar-refractivity contribution in [3.63, 3.8) is 0 Å². The molecule has 0 amide bonds. The Balaban J connectivity index is 2.85. The van der Waals surface area contributed by atoms with Crippen molar-refractivity contribution in [2.45, 2.75) is 46.1 Å². The molecule has 0 aliphatic carbocycles. The maximum Gasteiger partial charge on any atom is 0.158 e. The number of nitrogen functional groups attached to an aromatic ring is 1. The molecule has 0 saturated carbocycles. The lowest BCUT2D eigenvalue weighted by Crippen LogP contribution is -2.27. The molecule has 1 aromatic rings. The monoisotopic (exact) mass is 266 g/mol. The second kappa shape index (κ2) is 8.69. The van der Waals surface area contributed by atoms with Crippen molar-refractivity contribution >= 4 is 11.6 Å². The summed E-state index contributed by atoms with van der Waals surface area (Å²) < 4.78 is 5.08. The van der Waals surface area contributed by atoms with Gasteiger partial charge in [-0.15, -0.1) is 0 Å². The van der Waals surface area contributed by atoms with Gasteiger partial charge >= 0.3 is 0 Å². The molecule has 0 bridgehead atoms. The lowest BCUT2D eigenvalue weighted by atomic mass is 10.2. The highest BCUT2D eigenvalue weighted by Gasteiger charge is 2.10. The number of hydrogen-bond acceptors (Lipinski definition) is 5. The maximum absolute atomic E-state index is 5.85. The van der Waals surface area contributed by atoms with Crippen molar-refractivity contribution < 1.29 is 4.74 Å². The van der Waals surface area contributed by atoms with Gasteiger partial charge in [-0.2, -0.15) is 0 Å². The average molecular weight is 266 g/mol. The van der Waals surface area contributed by atoms with Crippen LogP contribution in [0.4, 0.5) is 11.6 Å². The van der Waals surface area contributed by atoms with Crippen molar-refractivity contribution in [1.82, 2.24) is 9.97 Å². The Morgan fingerprint density at radius 1 is 1.16 bits per heavy atom. The average Bonchev–Trinajstić information content (AvgIpc) is 2.38. The van der Waals surface area contributed by atoms with Crippen molar-refractivity contribution in [2.75, 3.05) is 30.8 Å². The van der Waals surface area contributed by atoms with E-state index in [-0.39, 0.29) is 0 Å². The van der Waals surface area contributed by atoms with Crippen LogP contribution in [0.3, 0.4) is 0 Å². The molecule has 0 unspecified atom stereocenters. The molecular formula is C14H26N4O. The van der Waals surface area contributed by atoms with Gasteiger partial charge in [0.25, 0.3) is 0 Å². The molecule has 0 saturated heterocycles. The number of hydrogen-bond donors (Lipinski definition) is 1. The summed E-state index contributed by atoms with van der Waals surface area (Å²) in [5.41, 5.74) is 5.85. The van der Waals surface area contributed by atoms with Gasteiger partial charge in [-0.25, -0.2) is 9.97 Å². The molecule has 19 heavy (non-hydrogen) atoms. The number of methoxy groups -OCH3 is 1. The molecule has 1 aromatic heterocycles. The van der Waals surface area contributed by atoms with Gasteiger partial charge in [0.15, 0.2) is 5.82 Å². The smallest absolute Gasteiger partial charge is 0.158 e. The molecule has 0 aliphatic rings. The van der Waals surface area contributed by atoms with Crippen molar-refractivity contribution in [2.24, 2.45) is 0 Å². The summed E-state index contributed by atoms with van der Waals surface area (Å²) >= 11 is 0. The number of nitrogens with two attached hydrogens (primary N) is 1.